The molecule has 6 nitrogen and oxygen atoms in total. The molecule has 0 aliphatic carbocycles. The van der Waals surface area contributed by atoms with E-state index in [-0.39, 0.29) is 37.7 Å². The molecule has 1 rings (SSSR count). The van der Waals surface area contributed by atoms with E-state index >= 15 is 0 Å². The number of nitrogens with zero attached hydrogens (tertiary/aromatic N) is 1. The molecule has 0 fully saturated rings. The minimum absolute atomic E-state index is 0. The van der Waals surface area contributed by atoms with Gasteiger partial charge in [-0.25, -0.2) is 0 Å². The van der Waals surface area contributed by atoms with Gasteiger partial charge in [-0.1, -0.05) is 0 Å². The van der Waals surface area contributed by atoms with Crippen molar-refractivity contribution in [3.8, 4) is 0 Å². The Balaban J connectivity index is 0. The van der Waals surface area contributed by atoms with Crippen LogP contribution in [0, 0.1) is 0 Å². The molecule has 0 aliphatic rings. The van der Waals surface area contributed by atoms with Gasteiger partial charge < -0.3 is 25.0 Å². The molecular weight excluding hydrogens is 223 g/mol. The fraction of sp³-hybridized carbons (Fsp3) is 0. The van der Waals surface area contributed by atoms with Crippen molar-refractivity contribution in [3.05, 3.63) is 24.5 Å². The number of hydrogen-bond donors (Lipinski definition) is 2. The molecule has 0 aliphatic heterocycles. The largest absolute Gasteiger partial charge is 2.00 e. The van der Waals surface area contributed by atoms with Crippen LogP contribution in [0.4, 0.5) is 5.69 Å². The first-order valence-corrected chi connectivity index (χ1v) is 4.29. The zero-order valence-electron chi connectivity index (χ0n) is 6.66. The number of phosphoric acid groups is 1. The number of nitrogen functional groups attached to an aromatic ring is 1. The van der Waals surface area contributed by atoms with Crippen LogP contribution in [0.5, 0.6) is 0 Å². The van der Waals surface area contributed by atoms with Gasteiger partial charge in [-0.05, 0) is 12.1 Å². The van der Waals surface area contributed by atoms with Gasteiger partial charge >= 0.3 is 37.7 Å². The van der Waals surface area contributed by atoms with E-state index in [0.717, 1.165) is 5.69 Å². The number of rotatable bonds is 0. The average Bonchev–Trinajstić information content (AvgIpc) is 1.85. The number of pyridine rings is 1. The summed E-state index contributed by atoms with van der Waals surface area (Å²) in [5.41, 5.74) is 6.08. The summed E-state index contributed by atoms with van der Waals surface area (Å²) in [5.74, 6) is 0. The second-order valence-electron chi connectivity index (χ2n) is 1.75. The molecule has 0 saturated heterocycles. The summed E-state index contributed by atoms with van der Waals surface area (Å²) in [4.78, 5) is 28.1. The van der Waals surface area contributed by atoms with Crippen LogP contribution in [0.15, 0.2) is 24.5 Å². The maximum atomic E-state index is 8.66. The van der Waals surface area contributed by atoms with Gasteiger partial charge in [0.15, 0.2) is 0 Å². The van der Waals surface area contributed by atoms with Crippen LogP contribution in [-0.2, 0) is 4.57 Å². The molecule has 0 radical (unpaired) electrons. The van der Waals surface area contributed by atoms with E-state index in [4.69, 9.17) is 25.0 Å². The van der Waals surface area contributed by atoms with E-state index in [9.17, 15) is 0 Å². The molecule has 0 saturated carbocycles. The predicted octanol–water partition coefficient (Wildman–Crippen LogP) is -1.91. The van der Waals surface area contributed by atoms with Gasteiger partial charge in [-0.3, -0.25) is 4.98 Å². The third-order valence-corrected chi connectivity index (χ3v) is 0.706. The molecule has 1 heterocycles. The third-order valence-electron chi connectivity index (χ3n) is 0.706. The smallest absolute Gasteiger partial charge is 0.790 e. The quantitative estimate of drug-likeness (QED) is 0.396. The van der Waals surface area contributed by atoms with E-state index in [1.165, 1.54) is 0 Å². The van der Waals surface area contributed by atoms with Crippen molar-refractivity contribution in [2.45, 2.75) is 0 Å². The standard InChI is InChI=1S/C5H6N2.Ca.H3O4P/c6-5-1-3-7-4-2-5;;1-5(2,3)4/h1-4H,(H2,6,7);;(H3,1,2,3,4)/q;+2;/p-2. The number of aromatic nitrogens is 1. The zero-order chi connectivity index (χ0) is 9.61. The Kier molecular flexibility index (Phi) is 9.34. The average molecular weight is 230 g/mol. The topological polar surface area (TPSA) is 122 Å². The number of anilines is 1. The first-order chi connectivity index (χ1) is 5.39. The maximum absolute atomic E-state index is 8.66. The molecule has 3 N–H and O–H groups in total. The molecule has 1 aromatic heterocycles. The summed E-state index contributed by atoms with van der Waals surface area (Å²) in [5, 5.41) is 0. The van der Waals surface area contributed by atoms with Crippen LogP contribution >= 0.6 is 7.82 Å². The SMILES string of the molecule is Nc1ccncc1.O=P([O-])([O-])O.[Ca+2]. The summed E-state index contributed by atoms with van der Waals surface area (Å²) >= 11 is 0. The van der Waals surface area contributed by atoms with E-state index < -0.39 is 7.82 Å². The summed E-state index contributed by atoms with van der Waals surface area (Å²) in [7, 11) is -5.14. The molecule has 0 amide bonds. The Labute approximate surface area is 105 Å². The van der Waals surface area contributed by atoms with Crippen LogP contribution in [0.25, 0.3) is 0 Å². The molecular formula is C5H7CaN2O4P. The van der Waals surface area contributed by atoms with E-state index in [1.54, 1.807) is 24.5 Å². The molecule has 0 spiro atoms. The molecule has 0 aromatic carbocycles. The summed E-state index contributed by atoms with van der Waals surface area (Å²) in [6.45, 7) is 0. The van der Waals surface area contributed by atoms with Crippen molar-refractivity contribution in [2.75, 3.05) is 5.73 Å². The van der Waals surface area contributed by atoms with Crippen molar-refractivity contribution in [1.82, 2.24) is 4.98 Å². The molecule has 13 heavy (non-hydrogen) atoms. The summed E-state index contributed by atoms with van der Waals surface area (Å²) in [6.07, 6.45) is 3.32. The van der Waals surface area contributed by atoms with Gasteiger partial charge in [0.1, 0.15) is 0 Å². The molecule has 0 unspecified atom stereocenters. The molecule has 0 bridgehead atoms. The van der Waals surface area contributed by atoms with Crippen LogP contribution in [0.3, 0.4) is 0 Å². The minimum Gasteiger partial charge on any atom is -0.790 e. The molecule has 0 atom stereocenters. The van der Waals surface area contributed by atoms with Crippen LogP contribution in [0.2, 0.25) is 0 Å². The Morgan fingerprint density at radius 2 is 1.69 bits per heavy atom. The Morgan fingerprint density at radius 3 is 1.85 bits per heavy atom. The molecule has 1 aromatic rings. The van der Waals surface area contributed by atoms with E-state index in [1.807, 2.05) is 0 Å². The van der Waals surface area contributed by atoms with Gasteiger partial charge in [-0.15, -0.1) is 0 Å². The fourth-order valence-electron chi connectivity index (χ4n) is 0.363. The van der Waals surface area contributed by atoms with Crippen LogP contribution in [-0.4, -0.2) is 47.6 Å². The minimum atomic E-state index is -5.14. The normalized spacial score (nSPS) is 9.15. The number of hydrogen-bond acceptors (Lipinski definition) is 5. The monoisotopic (exact) mass is 230 g/mol. The van der Waals surface area contributed by atoms with Gasteiger partial charge in [0.2, 0.25) is 0 Å². The Morgan fingerprint density at radius 1 is 1.38 bits per heavy atom. The van der Waals surface area contributed by atoms with Crippen molar-refractivity contribution in [2.24, 2.45) is 0 Å². The van der Waals surface area contributed by atoms with Gasteiger partial charge in [0, 0.05) is 18.1 Å². The maximum Gasteiger partial charge on any atom is 2.00 e. The van der Waals surface area contributed by atoms with Crippen molar-refractivity contribution < 1.29 is 19.2 Å². The zero-order valence-corrected chi connectivity index (χ0v) is 9.76. The fourth-order valence-corrected chi connectivity index (χ4v) is 0.363. The third kappa shape index (κ3) is 19.0. The second kappa shape index (κ2) is 7.70. The van der Waals surface area contributed by atoms with Gasteiger partial charge in [-0.2, -0.15) is 0 Å². The Bertz CT molecular complexity index is 256. The van der Waals surface area contributed by atoms with Crippen LogP contribution in [0.1, 0.15) is 0 Å². The van der Waals surface area contributed by atoms with Gasteiger partial charge in [0.05, 0.1) is 7.82 Å². The van der Waals surface area contributed by atoms with Crippen molar-refractivity contribution in [1.29, 1.82) is 0 Å². The Hall–Kier alpha value is 0.320. The predicted molar refractivity (Wildman–Crippen MR) is 44.2 cm³/mol. The van der Waals surface area contributed by atoms with Gasteiger partial charge in [0.25, 0.3) is 0 Å². The summed E-state index contributed by atoms with van der Waals surface area (Å²) in [6, 6.07) is 3.50. The molecule has 8 heteroatoms. The first kappa shape index (κ1) is 15.8. The van der Waals surface area contributed by atoms with Crippen molar-refractivity contribution in [3.63, 3.8) is 0 Å². The van der Waals surface area contributed by atoms with E-state index in [2.05, 4.69) is 4.98 Å². The number of nitrogens with two attached hydrogens (primary N) is 1. The van der Waals surface area contributed by atoms with Crippen LogP contribution < -0.4 is 15.5 Å². The van der Waals surface area contributed by atoms with E-state index in [0.29, 0.717) is 0 Å². The molecule has 68 valence electrons. The first-order valence-electron chi connectivity index (χ1n) is 2.80. The van der Waals surface area contributed by atoms with Crippen molar-refractivity contribution >= 4 is 51.2 Å². The summed E-state index contributed by atoms with van der Waals surface area (Å²) < 4.78 is 8.66. The second-order valence-corrected chi connectivity index (χ2v) is 2.69.